The van der Waals surface area contributed by atoms with Crippen molar-refractivity contribution in [2.45, 2.75) is 82.5 Å². The molecule has 0 saturated carbocycles. The highest BCUT2D eigenvalue weighted by molar-refractivity contribution is 5.92. The Morgan fingerprint density at radius 1 is 0.641 bits per heavy atom. The van der Waals surface area contributed by atoms with Crippen LogP contribution in [0.4, 0.5) is 5.69 Å². The molecule has 1 heterocycles. The average molecular weight is 1110 g/mol. The van der Waals surface area contributed by atoms with Crippen LogP contribution in [-0.2, 0) is 82.6 Å². The summed E-state index contributed by atoms with van der Waals surface area (Å²) in [5.74, 6) is -1.29. The molecule has 0 spiro atoms. The minimum absolute atomic E-state index is 0.0150. The van der Waals surface area contributed by atoms with Crippen LogP contribution in [0.1, 0.15) is 67.3 Å². The number of nitrogens with one attached hydrogen (secondary N) is 2. The molecule has 1 aliphatic heterocycles. The number of carboxylic acid groups (broad SMARTS) is 1. The average Bonchev–Trinajstić information content (AvgIpc) is 3.44. The standard InChI is InChI=1S/C54H87N3O21/c1-64-15-16-66-19-20-68-23-24-70-27-28-72-31-32-74-35-36-75-34-33-73-30-29-71-26-25-69-22-21-67-18-17-65-14-5-3-2-4-9-48(55)53(61)56-13-12-51(60)57-49-40-47(77-52-39-45(59)38-50(78-52)54(62)63)11-10-44(49)42-76-46-8-6-7-43(37-46)41-58/h6-8,10-11,37,40-41,45,48,50,52,59H,2-5,9,12-36,38-39,42,55H2,1H3,(H,56,61)(H,57,60)(H,62,63). The smallest absolute Gasteiger partial charge is 0.333 e. The Hall–Kier alpha value is -4.48. The Morgan fingerprint density at radius 3 is 1.64 bits per heavy atom. The minimum atomic E-state index is -1.23. The molecule has 2 aromatic carbocycles. The fourth-order valence-corrected chi connectivity index (χ4v) is 7.10. The molecule has 78 heavy (non-hydrogen) atoms. The van der Waals surface area contributed by atoms with Gasteiger partial charge < -0.3 is 97.6 Å². The van der Waals surface area contributed by atoms with E-state index >= 15 is 0 Å². The Morgan fingerprint density at radius 2 is 1.14 bits per heavy atom. The second-order valence-corrected chi connectivity index (χ2v) is 17.6. The molecule has 0 aliphatic carbocycles. The predicted molar refractivity (Wildman–Crippen MR) is 283 cm³/mol. The normalized spacial score (nSPS) is 15.7. The maximum absolute atomic E-state index is 13.1. The summed E-state index contributed by atoms with van der Waals surface area (Å²) in [5.41, 5.74) is 7.47. The first-order chi connectivity index (χ1) is 38.2. The third kappa shape index (κ3) is 35.2. The van der Waals surface area contributed by atoms with Crippen molar-refractivity contribution in [3.8, 4) is 11.5 Å². The molecule has 0 aromatic heterocycles. The van der Waals surface area contributed by atoms with Gasteiger partial charge in [0.15, 0.2) is 6.10 Å². The van der Waals surface area contributed by atoms with E-state index in [0.29, 0.717) is 187 Å². The molecule has 1 aliphatic rings. The number of aliphatic hydroxyl groups is 1. The van der Waals surface area contributed by atoms with Crippen molar-refractivity contribution < 1.29 is 100 Å². The fraction of sp³-hybridized carbons (Fsp3) is 0.704. The highest BCUT2D eigenvalue weighted by Crippen LogP contribution is 2.29. The van der Waals surface area contributed by atoms with Crippen LogP contribution in [0.15, 0.2) is 42.5 Å². The molecule has 4 unspecified atom stereocenters. The van der Waals surface area contributed by atoms with Crippen molar-refractivity contribution in [3.05, 3.63) is 53.6 Å². The van der Waals surface area contributed by atoms with Crippen molar-refractivity contribution in [2.24, 2.45) is 5.73 Å². The van der Waals surface area contributed by atoms with E-state index in [9.17, 15) is 29.4 Å². The number of carbonyl (C=O) groups is 4. The van der Waals surface area contributed by atoms with Crippen LogP contribution in [0, 0.1) is 0 Å². The summed E-state index contributed by atoms with van der Waals surface area (Å²) >= 11 is 0. The zero-order chi connectivity index (χ0) is 55.9. The molecule has 3 rings (SSSR count). The van der Waals surface area contributed by atoms with Crippen LogP contribution in [0.5, 0.6) is 11.5 Å². The van der Waals surface area contributed by atoms with Crippen LogP contribution in [0.25, 0.3) is 0 Å². The molecule has 444 valence electrons. The fourth-order valence-electron chi connectivity index (χ4n) is 7.10. The molecule has 2 amide bonds. The van der Waals surface area contributed by atoms with E-state index in [1.165, 1.54) is 6.07 Å². The molecule has 24 heteroatoms. The van der Waals surface area contributed by atoms with Gasteiger partial charge in [0.1, 0.15) is 24.4 Å². The van der Waals surface area contributed by atoms with Crippen LogP contribution in [0.2, 0.25) is 0 Å². The molecule has 1 saturated heterocycles. The number of rotatable bonds is 52. The summed E-state index contributed by atoms with van der Waals surface area (Å²) < 4.78 is 82.6. The molecule has 6 N–H and O–H groups in total. The van der Waals surface area contributed by atoms with Crippen molar-refractivity contribution in [1.82, 2.24) is 5.32 Å². The minimum Gasteiger partial charge on any atom is -0.489 e. The number of aliphatic carboxylic acids is 1. The second kappa shape index (κ2) is 46.3. The topological polar surface area (TPSA) is 297 Å². The summed E-state index contributed by atoms with van der Waals surface area (Å²) in [6.45, 7) is 11.5. The molecule has 1 fully saturated rings. The van der Waals surface area contributed by atoms with Gasteiger partial charge in [-0.3, -0.25) is 14.4 Å². The summed E-state index contributed by atoms with van der Waals surface area (Å²) in [7, 11) is 1.64. The number of aliphatic hydroxyl groups excluding tert-OH is 1. The Labute approximate surface area is 458 Å². The van der Waals surface area contributed by atoms with Gasteiger partial charge in [-0.2, -0.15) is 0 Å². The second-order valence-electron chi connectivity index (χ2n) is 17.6. The largest absolute Gasteiger partial charge is 0.489 e. The van der Waals surface area contributed by atoms with Gasteiger partial charge in [0.05, 0.1) is 163 Å². The maximum atomic E-state index is 13.1. The number of carboxylic acids is 1. The van der Waals surface area contributed by atoms with E-state index in [1.807, 2.05) is 0 Å². The number of aldehydes is 1. The number of nitrogens with two attached hydrogens (primary N) is 1. The van der Waals surface area contributed by atoms with Gasteiger partial charge in [-0.05, 0) is 37.1 Å². The SMILES string of the molecule is COCCOCCOCCOCCOCCOCCOCCOCCOCCOCCOCCOCCCCCCC(N)C(=O)NCCC(=O)Nc1cc(OC2CC(O)CC(C(=O)O)O2)ccc1COc1cccc(C=O)c1. The zero-order valence-electron chi connectivity index (χ0n) is 45.5. The van der Waals surface area contributed by atoms with E-state index in [1.54, 1.807) is 43.5 Å². The van der Waals surface area contributed by atoms with Crippen molar-refractivity contribution >= 4 is 29.8 Å². The molecule has 0 radical (unpaired) electrons. The predicted octanol–water partition coefficient (Wildman–Crippen LogP) is 2.96. The third-order valence-electron chi connectivity index (χ3n) is 11.2. The number of hydrogen-bond acceptors (Lipinski definition) is 21. The molecular formula is C54H87N3O21. The number of anilines is 1. The van der Waals surface area contributed by atoms with Crippen molar-refractivity contribution in [3.63, 3.8) is 0 Å². The number of hydrogen-bond donors (Lipinski definition) is 5. The Balaban J connectivity index is 1.08. The Kier molecular flexibility index (Phi) is 40.2. The quantitative estimate of drug-likeness (QED) is 0.0470. The molecular weight excluding hydrogens is 1030 g/mol. The van der Waals surface area contributed by atoms with Crippen molar-refractivity contribution in [2.75, 3.05) is 171 Å². The highest BCUT2D eigenvalue weighted by Gasteiger charge is 2.34. The van der Waals surface area contributed by atoms with E-state index in [0.717, 1.165) is 25.7 Å². The first kappa shape index (κ1) is 67.8. The number of ether oxygens (including phenoxy) is 15. The number of benzene rings is 2. The van der Waals surface area contributed by atoms with E-state index in [4.69, 9.17) is 76.8 Å². The highest BCUT2D eigenvalue weighted by atomic mass is 16.7. The lowest BCUT2D eigenvalue weighted by molar-refractivity contribution is -0.195. The van der Waals surface area contributed by atoms with E-state index in [-0.39, 0.29) is 44.1 Å². The van der Waals surface area contributed by atoms with Gasteiger partial charge >= 0.3 is 5.97 Å². The van der Waals surface area contributed by atoms with Crippen LogP contribution >= 0.6 is 0 Å². The molecule has 0 bridgehead atoms. The van der Waals surface area contributed by atoms with Crippen LogP contribution in [0.3, 0.4) is 0 Å². The van der Waals surface area contributed by atoms with Crippen LogP contribution < -0.4 is 25.8 Å². The monoisotopic (exact) mass is 1110 g/mol. The van der Waals surface area contributed by atoms with Gasteiger partial charge in [-0.1, -0.05) is 31.4 Å². The lowest BCUT2D eigenvalue weighted by Gasteiger charge is -2.31. The Bertz CT molecular complexity index is 1850. The molecule has 2 aromatic rings. The van der Waals surface area contributed by atoms with Gasteiger partial charge in [-0.25, -0.2) is 4.79 Å². The number of unbranched alkanes of at least 4 members (excludes halogenated alkanes) is 3. The summed E-state index contributed by atoms with van der Waals surface area (Å²) in [5, 5.41) is 25.1. The number of amides is 2. The first-order valence-electron chi connectivity index (χ1n) is 26.9. The van der Waals surface area contributed by atoms with E-state index < -0.39 is 36.4 Å². The van der Waals surface area contributed by atoms with Gasteiger partial charge in [0, 0.05) is 56.7 Å². The lowest BCUT2D eigenvalue weighted by Crippen LogP contribution is -2.42. The summed E-state index contributed by atoms with van der Waals surface area (Å²) in [6, 6.07) is 10.7. The third-order valence-corrected chi connectivity index (χ3v) is 11.2. The van der Waals surface area contributed by atoms with Crippen LogP contribution in [-0.4, -0.2) is 224 Å². The first-order valence-corrected chi connectivity index (χ1v) is 26.9. The summed E-state index contributed by atoms with van der Waals surface area (Å²) in [6.07, 6.45) is 1.36. The van der Waals surface area contributed by atoms with Gasteiger partial charge in [0.2, 0.25) is 18.1 Å². The zero-order valence-corrected chi connectivity index (χ0v) is 45.5. The summed E-state index contributed by atoms with van der Waals surface area (Å²) in [4.78, 5) is 48.6. The molecule has 24 nitrogen and oxygen atoms in total. The number of methoxy groups -OCH3 is 1. The lowest BCUT2D eigenvalue weighted by atomic mass is 10.1. The van der Waals surface area contributed by atoms with E-state index in [2.05, 4.69) is 10.6 Å². The number of carbonyl (C=O) groups excluding carboxylic acids is 3. The molecule has 4 atom stereocenters. The maximum Gasteiger partial charge on any atom is 0.333 e. The van der Waals surface area contributed by atoms with Gasteiger partial charge in [-0.15, -0.1) is 0 Å². The van der Waals surface area contributed by atoms with Gasteiger partial charge in [0.25, 0.3) is 0 Å². The van der Waals surface area contributed by atoms with Crippen molar-refractivity contribution in [1.29, 1.82) is 0 Å².